The lowest BCUT2D eigenvalue weighted by atomic mass is 9.89. The van der Waals surface area contributed by atoms with E-state index in [4.69, 9.17) is 9.47 Å². The van der Waals surface area contributed by atoms with E-state index in [9.17, 15) is 14.7 Å². The molecule has 27 heavy (non-hydrogen) atoms. The average Bonchev–Trinajstić information content (AvgIpc) is 2.66. The molecular formula is C20H20N2O5. The molecule has 3 N–H and O–H groups in total. The number of hydrogen-bond acceptors (Lipinski definition) is 5. The molecule has 1 aliphatic heterocycles. The summed E-state index contributed by atoms with van der Waals surface area (Å²) in [5.41, 5.74) is 0.914. The number of urea groups is 1. The number of benzene rings is 2. The SMILES string of the molecule is C=C1NC(=O)N[C@@H](c2ccc(O)cc2)[C@@H]1C(=O)OCCOc1ccccc1. The van der Waals surface area contributed by atoms with Crippen molar-refractivity contribution in [3.63, 3.8) is 0 Å². The van der Waals surface area contributed by atoms with E-state index in [-0.39, 0.29) is 24.7 Å². The van der Waals surface area contributed by atoms with Crippen LogP contribution in [-0.4, -0.2) is 30.3 Å². The maximum atomic E-state index is 12.6. The number of phenols is 1. The normalized spacial score (nSPS) is 19.0. The summed E-state index contributed by atoms with van der Waals surface area (Å²) in [4.78, 5) is 24.4. The molecule has 3 rings (SSSR count). The summed E-state index contributed by atoms with van der Waals surface area (Å²) in [6.45, 7) is 4.05. The standard InChI is InChI=1S/C20H20N2O5/c1-13-17(19(24)27-12-11-26-16-5-3-2-4-6-16)18(22-20(25)21-13)14-7-9-15(23)10-8-14/h2-10,17-18,23H,1,11-12H2,(H2,21,22,25)/t17-,18+/m1/s1. The van der Waals surface area contributed by atoms with Crippen LogP contribution in [-0.2, 0) is 9.53 Å². The molecule has 2 amide bonds. The summed E-state index contributed by atoms with van der Waals surface area (Å²) in [7, 11) is 0. The first-order valence-electron chi connectivity index (χ1n) is 8.44. The van der Waals surface area contributed by atoms with Crippen LogP contribution < -0.4 is 15.4 Å². The summed E-state index contributed by atoms with van der Waals surface area (Å²) in [6, 6.07) is 14.4. The van der Waals surface area contributed by atoms with Crippen LogP contribution in [0.4, 0.5) is 4.79 Å². The van der Waals surface area contributed by atoms with E-state index in [1.165, 1.54) is 12.1 Å². The summed E-state index contributed by atoms with van der Waals surface area (Å²) in [5, 5.41) is 14.7. The highest BCUT2D eigenvalue weighted by Crippen LogP contribution is 2.31. The number of rotatable bonds is 6. The van der Waals surface area contributed by atoms with Gasteiger partial charge in [-0.25, -0.2) is 4.79 Å². The van der Waals surface area contributed by atoms with E-state index in [1.807, 2.05) is 30.3 Å². The molecule has 0 bridgehead atoms. The number of carbonyl (C=O) groups is 2. The number of amides is 2. The van der Waals surface area contributed by atoms with E-state index in [2.05, 4.69) is 17.2 Å². The zero-order valence-electron chi connectivity index (χ0n) is 14.6. The average molecular weight is 368 g/mol. The largest absolute Gasteiger partial charge is 0.508 e. The molecule has 0 saturated carbocycles. The monoisotopic (exact) mass is 368 g/mol. The third-order valence-corrected chi connectivity index (χ3v) is 4.12. The number of ether oxygens (including phenoxy) is 2. The molecule has 7 heteroatoms. The van der Waals surface area contributed by atoms with Gasteiger partial charge in [-0.1, -0.05) is 36.9 Å². The zero-order valence-corrected chi connectivity index (χ0v) is 14.6. The predicted molar refractivity (Wildman–Crippen MR) is 98.0 cm³/mol. The Morgan fingerprint density at radius 1 is 1.07 bits per heavy atom. The summed E-state index contributed by atoms with van der Waals surface area (Å²) < 4.78 is 10.8. The molecule has 0 unspecified atom stereocenters. The Kier molecular flexibility index (Phi) is 5.61. The zero-order chi connectivity index (χ0) is 19.2. The van der Waals surface area contributed by atoms with Gasteiger partial charge in [0.25, 0.3) is 0 Å². The Morgan fingerprint density at radius 3 is 2.48 bits per heavy atom. The van der Waals surface area contributed by atoms with Gasteiger partial charge in [0.05, 0.1) is 6.04 Å². The van der Waals surface area contributed by atoms with Crippen molar-refractivity contribution in [3.8, 4) is 11.5 Å². The summed E-state index contributed by atoms with van der Waals surface area (Å²) in [5.74, 6) is -0.548. The fourth-order valence-corrected chi connectivity index (χ4v) is 2.83. The molecule has 1 heterocycles. The van der Waals surface area contributed by atoms with Crippen LogP contribution in [0.15, 0.2) is 66.9 Å². The van der Waals surface area contributed by atoms with E-state index in [0.29, 0.717) is 11.3 Å². The molecule has 1 aliphatic rings. The van der Waals surface area contributed by atoms with E-state index in [1.54, 1.807) is 12.1 Å². The maximum Gasteiger partial charge on any atom is 0.319 e. The van der Waals surface area contributed by atoms with Crippen LogP contribution in [0.5, 0.6) is 11.5 Å². The van der Waals surface area contributed by atoms with E-state index < -0.39 is 24.0 Å². The third-order valence-electron chi connectivity index (χ3n) is 4.12. The fraction of sp³-hybridized carbons (Fsp3) is 0.200. The number of hydrogen-bond donors (Lipinski definition) is 3. The van der Waals surface area contributed by atoms with Crippen molar-refractivity contribution in [3.05, 3.63) is 72.4 Å². The van der Waals surface area contributed by atoms with Crippen LogP contribution in [0, 0.1) is 5.92 Å². The van der Waals surface area contributed by atoms with Crippen molar-refractivity contribution in [2.45, 2.75) is 6.04 Å². The second-order valence-electron chi connectivity index (χ2n) is 6.00. The molecule has 0 radical (unpaired) electrons. The molecule has 140 valence electrons. The predicted octanol–water partition coefficient (Wildman–Crippen LogP) is 2.50. The molecule has 0 aromatic heterocycles. The topological polar surface area (TPSA) is 96.9 Å². The summed E-state index contributed by atoms with van der Waals surface area (Å²) >= 11 is 0. The first-order valence-corrected chi connectivity index (χ1v) is 8.44. The number of phenolic OH excluding ortho intramolecular Hbond substituents is 1. The van der Waals surface area contributed by atoms with Crippen molar-refractivity contribution in [1.82, 2.24) is 10.6 Å². The number of para-hydroxylation sites is 1. The molecular weight excluding hydrogens is 348 g/mol. The first-order chi connectivity index (χ1) is 13.0. The van der Waals surface area contributed by atoms with E-state index in [0.717, 1.165) is 0 Å². The Morgan fingerprint density at radius 2 is 1.78 bits per heavy atom. The third kappa shape index (κ3) is 4.58. The van der Waals surface area contributed by atoms with Crippen molar-refractivity contribution in [1.29, 1.82) is 0 Å². The number of aromatic hydroxyl groups is 1. The smallest absolute Gasteiger partial charge is 0.319 e. The van der Waals surface area contributed by atoms with Crippen LogP contribution in [0.3, 0.4) is 0 Å². The van der Waals surface area contributed by atoms with Crippen LogP contribution >= 0.6 is 0 Å². The van der Waals surface area contributed by atoms with Crippen molar-refractivity contribution in [2.75, 3.05) is 13.2 Å². The Balaban J connectivity index is 1.63. The number of carbonyl (C=O) groups excluding carboxylic acids is 2. The molecule has 0 spiro atoms. The van der Waals surface area contributed by atoms with E-state index >= 15 is 0 Å². The number of esters is 1. The molecule has 2 aromatic carbocycles. The van der Waals surface area contributed by atoms with Gasteiger partial charge in [0, 0.05) is 5.70 Å². The quantitative estimate of drug-likeness (QED) is 0.538. The first kappa shape index (κ1) is 18.3. The van der Waals surface area contributed by atoms with Gasteiger partial charge in [0.2, 0.25) is 0 Å². The van der Waals surface area contributed by atoms with Crippen LogP contribution in [0.2, 0.25) is 0 Å². The molecule has 2 atom stereocenters. The second kappa shape index (κ2) is 8.27. The minimum Gasteiger partial charge on any atom is -0.508 e. The summed E-state index contributed by atoms with van der Waals surface area (Å²) in [6.07, 6.45) is 0. The van der Waals surface area contributed by atoms with Crippen LogP contribution in [0.1, 0.15) is 11.6 Å². The van der Waals surface area contributed by atoms with Gasteiger partial charge in [-0.05, 0) is 29.8 Å². The molecule has 1 fully saturated rings. The van der Waals surface area contributed by atoms with Gasteiger partial charge in [0.1, 0.15) is 30.6 Å². The molecule has 1 saturated heterocycles. The highest BCUT2D eigenvalue weighted by Gasteiger charge is 2.38. The van der Waals surface area contributed by atoms with Gasteiger partial charge < -0.3 is 25.2 Å². The Bertz CT molecular complexity index is 820. The lowest BCUT2D eigenvalue weighted by Crippen LogP contribution is -2.51. The second-order valence-corrected chi connectivity index (χ2v) is 6.00. The molecule has 2 aromatic rings. The van der Waals surface area contributed by atoms with Crippen molar-refractivity contribution < 1.29 is 24.2 Å². The van der Waals surface area contributed by atoms with Crippen LogP contribution in [0.25, 0.3) is 0 Å². The van der Waals surface area contributed by atoms with Gasteiger partial charge in [0.15, 0.2) is 0 Å². The lowest BCUT2D eigenvalue weighted by molar-refractivity contribution is -0.149. The highest BCUT2D eigenvalue weighted by molar-refractivity contribution is 5.85. The van der Waals surface area contributed by atoms with Gasteiger partial charge in [-0.2, -0.15) is 0 Å². The highest BCUT2D eigenvalue weighted by atomic mass is 16.6. The Labute approximate surface area is 156 Å². The lowest BCUT2D eigenvalue weighted by Gasteiger charge is -2.33. The fourth-order valence-electron chi connectivity index (χ4n) is 2.83. The molecule has 0 aliphatic carbocycles. The maximum absolute atomic E-state index is 12.6. The van der Waals surface area contributed by atoms with Gasteiger partial charge in [-0.15, -0.1) is 0 Å². The minimum atomic E-state index is -0.802. The molecule has 7 nitrogen and oxygen atoms in total. The van der Waals surface area contributed by atoms with Crippen molar-refractivity contribution in [2.24, 2.45) is 5.92 Å². The minimum absolute atomic E-state index is 0.0632. The van der Waals surface area contributed by atoms with Gasteiger partial charge in [-0.3, -0.25) is 4.79 Å². The number of nitrogens with one attached hydrogen (secondary N) is 2. The Hall–Kier alpha value is -3.48. The van der Waals surface area contributed by atoms with Crippen molar-refractivity contribution >= 4 is 12.0 Å². The van der Waals surface area contributed by atoms with Gasteiger partial charge >= 0.3 is 12.0 Å².